The molecule has 0 aromatic heterocycles. The summed E-state index contributed by atoms with van der Waals surface area (Å²) in [4.78, 5) is 0. The molecule has 2 unspecified atom stereocenters. The van der Waals surface area contributed by atoms with Gasteiger partial charge in [-0.3, -0.25) is 0 Å². The lowest BCUT2D eigenvalue weighted by atomic mass is 9.98. The van der Waals surface area contributed by atoms with Crippen LogP contribution in [0.3, 0.4) is 0 Å². The van der Waals surface area contributed by atoms with Crippen LogP contribution in [-0.4, -0.2) is 31.7 Å². The van der Waals surface area contributed by atoms with Gasteiger partial charge in [0.1, 0.15) is 0 Å². The van der Waals surface area contributed by atoms with Crippen molar-refractivity contribution in [2.24, 2.45) is 23.7 Å². The summed E-state index contributed by atoms with van der Waals surface area (Å²) >= 11 is 0. The molecule has 0 fully saturated rings. The fourth-order valence-corrected chi connectivity index (χ4v) is 6.71. The largest absolute Gasteiger partial charge is 0.421 e. The molecule has 4 heteroatoms. The second-order valence-electron chi connectivity index (χ2n) is 9.31. The van der Waals surface area contributed by atoms with Crippen LogP contribution in [0.2, 0.25) is 5.67 Å². The van der Waals surface area contributed by atoms with Gasteiger partial charge in [-0.15, -0.1) is 0 Å². The Morgan fingerprint density at radius 2 is 0.920 bits per heavy atom. The summed E-state index contributed by atoms with van der Waals surface area (Å²) in [6.45, 7) is 18.5. The molecular weight excluding hydrogens is 340 g/mol. The van der Waals surface area contributed by atoms with Crippen molar-refractivity contribution in [1.82, 2.24) is 0 Å². The minimum Gasteiger partial charge on any atom is -0.421 e. The van der Waals surface area contributed by atoms with Crippen molar-refractivity contribution in [2.45, 2.75) is 112 Å². The van der Waals surface area contributed by atoms with Gasteiger partial charge in [-0.1, -0.05) is 81.1 Å². The normalized spacial score (nSPS) is 15.8. The molecule has 0 aliphatic carbocycles. The molecule has 0 aliphatic heterocycles. The molecule has 0 radical (unpaired) electrons. The first-order valence-corrected chi connectivity index (χ1v) is 14.1. The van der Waals surface area contributed by atoms with Gasteiger partial charge in [0.2, 0.25) is 0 Å². The minimum absolute atomic E-state index is 0.389. The summed E-state index contributed by atoms with van der Waals surface area (Å²) in [7, 11) is -0.778. The molecule has 0 saturated carbocycles. The summed E-state index contributed by atoms with van der Waals surface area (Å²) < 4.78 is 12.7. The lowest BCUT2D eigenvalue weighted by molar-refractivity contribution is 0.138. The Bertz CT molecular complexity index is 266. The van der Waals surface area contributed by atoms with Crippen molar-refractivity contribution in [2.75, 3.05) is 0 Å². The first-order chi connectivity index (χ1) is 11.7. The van der Waals surface area contributed by atoms with Gasteiger partial charge in [-0.05, 0) is 42.2 Å². The van der Waals surface area contributed by atoms with Crippen LogP contribution < -0.4 is 0 Å². The summed E-state index contributed by atoms with van der Waals surface area (Å²) in [6, 6.07) is 0. The summed E-state index contributed by atoms with van der Waals surface area (Å²) in [5.41, 5.74) is 1.29. The Morgan fingerprint density at radius 3 is 1.20 bits per heavy atom. The summed E-state index contributed by atoms with van der Waals surface area (Å²) in [6.07, 6.45) is 8.77. The van der Waals surface area contributed by atoms with Crippen molar-refractivity contribution >= 4 is 19.5 Å². The topological polar surface area (TPSA) is 18.5 Å². The third-order valence-electron chi connectivity index (χ3n) is 4.98. The molecule has 0 aliphatic rings. The zero-order valence-electron chi connectivity index (χ0n) is 18.6. The molecule has 2 atom stereocenters. The zero-order valence-corrected chi connectivity index (χ0v) is 21.5. The van der Waals surface area contributed by atoms with E-state index < -0.39 is 0 Å². The van der Waals surface area contributed by atoms with E-state index in [-0.39, 0.29) is 19.5 Å². The molecule has 0 N–H and O–H groups in total. The lowest BCUT2D eigenvalue weighted by Gasteiger charge is -2.24. The highest BCUT2D eigenvalue weighted by atomic mass is 28.3. The second-order valence-corrected chi connectivity index (χ2v) is 13.6. The van der Waals surface area contributed by atoms with Crippen LogP contribution in [0.5, 0.6) is 0 Å². The van der Waals surface area contributed by atoms with Gasteiger partial charge in [0.05, 0.1) is 0 Å². The number of hydrogen-bond acceptors (Lipinski definition) is 2. The van der Waals surface area contributed by atoms with E-state index in [0.29, 0.717) is 24.0 Å². The first-order valence-electron chi connectivity index (χ1n) is 11.0. The molecule has 0 aromatic carbocycles. The van der Waals surface area contributed by atoms with E-state index >= 15 is 0 Å². The van der Waals surface area contributed by atoms with Crippen LogP contribution >= 0.6 is 0 Å². The van der Waals surface area contributed by atoms with Crippen molar-refractivity contribution in [3.05, 3.63) is 0 Å². The predicted molar refractivity (Wildman–Crippen MR) is 119 cm³/mol. The highest BCUT2D eigenvalue weighted by Gasteiger charge is 2.15. The van der Waals surface area contributed by atoms with Crippen LogP contribution in [-0.2, 0) is 8.85 Å². The zero-order chi connectivity index (χ0) is 19.2. The maximum absolute atomic E-state index is 6.33. The van der Waals surface area contributed by atoms with E-state index in [1.807, 2.05) is 0 Å². The number of hydrogen-bond donors (Lipinski definition) is 0. The molecule has 0 heterocycles. The predicted octanol–water partition coefficient (Wildman–Crippen LogP) is 5.26. The standard InChI is InChI=1S/C21H48O2Si2/c1-16(2)11-9-13-20(18(5)6)22-24-15-25-23-21(19(7)8)14-10-12-17(3)4/h16-21H,9-15,24-25H2,1-8H3. The van der Waals surface area contributed by atoms with E-state index in [0.717, 1.165) is 11.8 Å². The Hall–Kier alpha value is 0.354. The maximum Gasteiger partial charge on any atom is 0.161 e. The van der Waals surface area contributed by atoms with E-state index in [4.69, 9.17) is 8.85 Å². The number of rotatable bonds is 16. The highest BCUT2D eigenvalue weighted by molar-refractivity contribution is 6.48. The molecule has 0 aromatic rings. The molecule has 0 rings (SSSR count). The average molecular weight is 389 g/mol. The average Bonchev–Trinajstić information content (AvgIpc) is 2.49. The van der Waals surface area contributed by atoms with Crippen molar-refractivity contribution in [3.63, 3.8) is 0 Å². The molecule has 0 bridgehead atoms. The third kappa shape index (κ3) is 15.1. The minimum atomic E-state index is -0.389. The monoisotopic (exact) mass is 388 g/mol. The van der Waals surface area contributed by atoms with Crippen LogP contribution in [0.15, 0.2) is 0 Å². The van der Waals surface area contributed by atoms with Crippen LogP contribution in [0.25, 0.3) is 0 Å². The maximum atomic E-state index is 6.33. The molecule has 152 valence electrons. The molecule has 2 nitrogen and oxygen atoms in total. The van der Waals surface area contributed by atoms with Crippen LogP contribution in [0.1, 0.15) is 93.9 Å². The fraction of sp³-hybridized carbons (Fsp3) is 1.00. The van der Waals surface area contributed by atoms with E-state index in [1.165, 1.54) is 44.2 Å². The third-order valence-corrected chi connectivity index (χ3v) is 8.62. The molecule has 0 saturated heterocycles. The highest BCUT2D eigenvalue weighted by Crippen LogP contribution is 2.18. The smallest absolute Gasteiger partial charge is 0.161 e. The quantitative estimate of drug-likeness (QED) is 0.265. The lowest BCUT2D eigenvalue weighted by Crippen LogP contribution is -2.25. The molecular formula is C21H48O2Si2. The summed E-state index contributed by atoms with van der Waals surface area (Å²) in [5.74, 6) is 2.94. The fourth-order valence-electron chi connectivity index (χ4n) is 3.20. The van der Waals surface area contributed by atoms with Gasteiger partial charge >= 0.3 is 0 Å². The molecule has 25 heavy (non-hydrogen) atoms. The van der Waals surface area contributed by atoms with E-state index in [1.54, 1.807) is 0 Å². The van der Waals surface area contributed by atoms with Gasteiger partial charge in [0, 0.05) is 12.2 Å². The first kappa shape index (κ1) is 25.4. The SMILES string of the molecule is CC(C)CCCC(O[SiH2]C[SiH2]OC(CCCC(C)C)C(C)C)C(C)C. The van der Waals surface area contributed by atoms with Crippen molar-refractivity contribution < 1.29 is 8.85 Å². The van der Waals surface area contributed by atoms with Gasteiger partial charge in [0.25, 0.3) is 0 Å². The van der Waals surface area contributed by atoms with Gasteiger partial charge < -0.3 is 8.85 Å². The van der Waals surface area contributed by atoms with Crippen LogP contribution in [0.4, 0.5) is 0 Å². The Kier molecular flexibility index (Phi) is 15.6. The van der Waals surface area contributed by atoms with Crippen molar-refractivity contribution in [1.29, 1.82) is 0 Å². The Morgan fingerprint density at radius 1 is 0.560 bits per heavy atom. The van der Waals surface area contributed by atoms with Gasteiger partial charge in [-0.25, -0.2) is 0 Å². The van der Waals surface area contributed by atoms with Gasteiger partial charge in [-0.2, -0.15) is 0 Å². The molecule has 0 spiro atoms. The van der Waals surface area contributed by atoms with E-state index in [2.05, 4.69) is 55.4 Å². The van der Waals surface area contributed by atoms with Gasteiger partial charge in [0.15, 0.2) is 19.5 Å². The molecule has 0 amide bonds. The second kappa shape index (κ2) is 15.4. The Balaban J connectivity index is 3.93. The van der Waals surface area contributed by atoms with Crippen LogP contribution in [0, 0.1) is 23.7 Å². The van der Waals surface area contributed by atoms with E-state index in [9.17, 15) is 0 Å². The Labute approximate surface area is 164 Å². The van der Waals surface area contributed by atoms with Crippen molar-refractivity contribution in [3.8, 4) is 0 Å². The summed E-state index contributed by atoms with van der Waals surface area (Å²) in [5, 5.41) is 0.